The Bertz CT molecular complexity index is 602. The molecule has 0 heterocycles. The van der Waals surface area contributed by atoms with Gasteiger partial charge >= 0.3 is 6.09 Å². The Morgan fingerprint density at radius 2 is 1.70 bits per heavy atom. The number of benzene rings is 2. The van der Waals surface area contributed by atoms with Gasteiger partial charge in [0.2, 0.25) is 0 Å². The average Bonchev–Trinajstić information content (AvgIpc) is 2.60. The van der Waals surface area contributed by atoms with Crippen molar-refractivity contribution in [3.63, 3.8) is 0 Å². The van der Waals surface area contributed by atoms with Crippen LogP contribution in [0.3, 0.4) is 0 Å². The van der Waals surface area contributed by atoms with Crippen LogP contribution in [0.5, 0.6) is 0 Å². The summed E-state index contributed by atoms with van der Waals surface area (Å²) in [4.78, 5) is 12.9. The van der Waals surface area contributed by atoms with Crippen molar-refractivity contribution in [3.05, 3.63) is 71.3 Å². The predicted octanol–water partition coefficient (Wildman–Crippen LogP) is 2.32. The topological polar surface area (TPSA) is 42.8 Å². The van der Waals surface area contributed by atoms with Crippen LogP contribution >= 0.6 is 11.6 Å². The van der Waals surface area contributed by atoms with Gasteiger partial charge in [0.05, 0.1) is 7.05 Å². The average molecular weight is 334 g/mol. The molecule has 1 unspecified atom stereocenters. The predicted molar refractivity (Wildman–Crippen MR) is 91.2 cm³/mol. The molecule has 0 radical (unpaired) electrons. The molecule has 0 aliphatic heterocycles. The van der Waals surface area contributed by atoms with Crippen molar-refractivity contribution in [2.45, 2.75) is 19.0 Å². The van der Waals surface area contributed by atoms with Crippen molar-refractivity contribution < 1.29 is 14.4 Å². The maximum atomic E-state index is 11.7. The molecule has 4 nitrogen and oxygen atoms in total. The highest BCUT2D eigenvalue weighted by molar-refractivity contribution is 6.17. The van der Waals surface area contributed by atoms with E-state index in [2.05, 4.69) is 17.4 Å². The number of carbonyl (C=O) groups excluding carboxylic acids is 1. The Morgan fingerprint density at radius 3 is 2.35 bits per heavy atom. The van der Waals surface area contributed by atoms with Gasteiger partial charge in [0.15, 0.2) is 6.67 Å². The second kappa shape index (κ2) is 9.18. The van der Waals surface area contributed by atoms with Crippen molar-refractivity contribution in [2.75, 3.05) is 13.7 Å². The normalized spacial score (nSPS) is 11.7. The quantitative estimate of drug-likeness (QED) is 0.603. The number of hydrogen-bond donors (Lipinski definition) is 2. The SMILES string of the molecule is C[NH+](CNC(=O)OCc1ccccc1)Cc1ccc(CCl)cc1. The summed E-state index contributed by atoms with van der Waals surface area (Å²) in [5.74, 6) is 0.526. The molecule has 122 valence electrons. The fraction of sp³-hybridized carbons (Fsp3) is 0.278. The van der Waals surface area contributed by atoms with E-state index >= 15 is 0 Å². The molecule has 5 heteroatoms. The highest BCUT2D eigenvalue weighted by Crippen LogP contribution is 2.05. The van der Waals surface area contributed by atoms with Gasteiger partial charge in [-0.25, -0.2) is 4.79 Å². The van der Waals surface area contributed by atoms with E-state index in [-0.39, 0.29) is 6.61 Å². The summed E-state index contributed by atoms with van der Waals surface area (Å²) in [6, 6.07) is 17.8. The Balaban J connectivity index is 1.68. The third-order valence-electron chi connectivity index (χ3n) is 3.43. The molecule has 0 saturated heterocycles. The minimum absolute atomic E-state index is 0.283. The molecule has 0 spiro atoms. The van der Waals surface area contributed by atoms with E-state index in [1.165, 1.54) is 10.5 Å². The summed E-state index contributed by atoms with van der Waals surface area (Å²) in [5, 5.41) is 2.78. The summed E-state index contributed by atoms with van der Waals surface area (Å²) < 4.78 is 5.18. The number of nitrogens with one attached hydrogen (secondary N) is 2. The summed E-state index contributed by atoms with van der Waals surface area (Å²) >= 11 is 5.78. The van der Waals surface area contributed by atoms with Crippen LogP contribution in [0.1, 0.15) is 16.7 Å². The molecule has 2 N–H and O–H groups in total. The number of ether oxygens (including phenoxy) is 1. The largest absolute Gasteiger partial charge is 0.445 e. The van der Waals surface area contributed by atoms with Crippen LogP contribution in [-0.2, 0) is 23.8 Å². The summed E-state index contributed by atoms with van der Waals surface area (Å²) in [6.07, 6.45) is -0.398. The second-order valence-corrected chi connectivity index (χ2v) is 5.77. The highest BCUT2D eigenvalue weighted by atomic mass is 35.5. The van der Waals surface area contributed by atoms with Gasteiger partial charge in [0.25, 0.3) is 0 Å². The Labute approximate surface area is 142 Å². The molecule has 0 fully saturated rings. The summed E-state index contributed by atoms with van der Waals surface area (Å²) in [5.41, 5.74) is 3.29. The number of quaternary nitrogens is 1. The molecule has 2 aromatic carbocycles. The Hall–Kier alpha value is -2.04. The van der Waals surface area contributed by atoms with Crippen LogP contribution in [0.25, 0.3) is 0 Å². The van der Waals surface area contributed by atoms with Gasteiger partial charge in [-0.2, -0.15) is 0 Å². The Kier molecular flexibility index (Phi) is 6.91. The third kappa shape index (κ3) is 6.30. The number of halogens is 1. The zero-order chi connectivity index (χ0) is 16.5. The minimum Gasteiger partial charge on any atom is -0.445 e. The van der Waals surface area contributed by atoms with Crippen molar-refractivity contribution in [3.8, 4) is 0 Å². The molecule has 1 amide bonds. The van der Waals surface area contributed by atoms with E-state index in [9.17, 15) is 4.79 Å². The van der Waals surface area contributed by atoms with Gasteiger partial charge < -0.3 is 9.64 Å². The van der Waals surface area contributed by atoms with E-state index in [0.29, 0.717) is 12.5 Å². The van der Waals surface area contributed by atoms with E-state index < -0.39 is 6.09 Å². The van der Waals surface area contributed by atoms with E-state index in [1.807, 2.05) is 49.5 Å². The molecule has 0 bridgehead atoms. The number of rotatable bonds is 7. The van der Waals surface area contributed by atoms with Crippen LogP contribution in [0, 0.1) is 0 Å². The lowest BCUT2D eigenvalue weighted by molar-refractivity contribution is -0.895. The molecule has 0 aromatic heterocycles. The molecule has 0 aliphatic carbocycles. The molecular weight excluding hydrogens is 312 g/mol. The second-order valence-electron chi connectivity index (χ2n) is 5.50. The molecule has 2 aromatic rings. The molecule has 1 atom stereocenters. The zero-order valence-electron chi connectivity index (χ0n) is 13.2. The van der Waals surface area contributed by atoms with Crippen LogP contribution in [0.2, 0.25) is 0 Å². The van der Waals surface area contributed by atoms with E-state index in [1.54, 1.807) is 0 Å². The van der Waals surface area contributed by atoms with Crippen LogP contribution < -0.4 is 10.2 Å². The maximum absolute atomic E-state index is 11.7. The van der Waals surface area contributed by atoms with Gasteiger partial charge in [0, 0.05) is 11.4 Å². The smallest absolute Gasteiger partial charge is 0.411 e. The first-order valence-electron chi connectivity index (χ1n) is 7.57. The molecule has 23 heavy (non-hydrogen) atoms. The first-order valence-corrected chi connectivity index (χ1v) is 8.10. The van der Waals surface area contributed by atoms with Gasteiger partial charge in [-0.15, -0.1) is 11.6 Å². The first-order chi connectivity index (χ1) is 11.2. The number of hydrogen-bond acceptors (Lipinski definition) is 2. The van der Waals surface area contributed by atoms with Crippen LogP contribution in [-0.4, -0.2) is 19.8 Å². The molecule has 2 rings (SSSR count). The molecular formula is C18H22ClN2O2+. The fourth-order valence-corrected chi connectivity index (χ4v) is 2.33. The number of carbonyl (C=O) groups is 1. The highest BCUT2D eigenvalue weighted by Gasteiger charge is 2.07. The monoisotopic (exact) mass is 333 g/mol. The maximum Gasteiger partial charge on any atom is 0.411 e. The summed E-state index contributed by atoms with van der Waals surface area (Å²) in [7, 11) is 2.02. The lowest BCUT2D eigenvalue weighted by Gasteiger charge is -2.15. The van der Waals surface area contributed by atoms with Crippen LogP contribution in [0.15, 0.2) is 54.6 Å². The lowest BCUT2D eigenvalue weighted by atomic mass is 10.1. The standard InChI is InChI=1S/C18H21ClN2O2/c1-21(12-16-9-7-15(11-19)8-10-16)14-20-18(22)23-13-17-5-3-2-4-6-17/h2-10H,11-14H2,1H3,(H,20,22)/p+1. The molecule has 0 saturated carbocycles. The van der Waals surface area contributed by atoms with Gasteiger partial charge in [0.1, 0.15) is 13.2 Å². The number of alkyl halides is 1. The van der Waals surface area contributed by atoms with E-state index in [4.69, 9.17) is 16.3 Å². The van der Waals surface area contributed by atoms with Crippen LogP contribution in [0.4, 0.5) is 4.79 Å². The molecule has 0 aliphatic rings. The van der Waals surface area contributed by atoms with Gasteiger partial charge in [-0.05, 0) is 11.1 Å². The van der Waals surface area contributed by atoms with E-state index in [0.717, 1.165) is 17.7 Å². The van der Waals surface area contributed by atoms with Gasteiger partial charge in [-0.1, -0.05) is 54.6 Å². The Morgan fingerprint density at radius 1 is 1.04 bits per heavy atom. The minimum atomic E-state index is -0.398. The van der Waals surface area contributed by atoms with Gasteiger partial charge in [-0.3, -0.25) is 5.32 Å². The van der Waals surface area contributed by atoms with Crippen molar-refractivity contribution in [2.24, 2.45) is 0 Å². The summed E-state index contributed by atoms with van der Waals surface area (Å²) in [6.45, 7) is 1.61. The van der Waals surface area contributed by atoms with Crippen molar-refractivity contribution in [1.82, 2.24) is 5.32 Å². The number of alkyl carbamates (subject to hydrolysis) is 1. The van der Waals surface area contributed by atoms with Crippen molar-refractivity contribution in [1.29, 1.82) is 0 Å². The zero-order valence-corrected chi connectivity index (χ0v) is 14.0. The van der Waals surface area contributed by atoms with Crippen molar-refractivity contribution >= 4 is 17.7 Å². The first kappa shape index (κ1) is 17.3. The fourth-order valence-electron chi connectivity index (χ4n) is 2.15. The number of amides is 1. The third-order valence-corrected chi connectivity index (χ3v) is 3.74. The lowest BCUT2D eigenvalue weighted by Crippen LogP contribution is -3.09.